The van der Waals surface area contributed by atoms with E-state index in [1.165, 1.54) is 5.56 Å². The number of benzene rings is 4. The van der Waals surface area contributed by atoms with E-state index in [1.807, 2.05) is 60.7 Å². The summed E-state index contributed by atoms with van der Waals surface area (Å²) in [5.41, 5.74) is 8.41. The molecule has 0 unspecified atom stereocenters. The predicted octanol–water partition coefficient (Wildman–Crippen LogP) is 7.92. The zero-order valence-electron chi connectivity index (χ0n) is 24.3. The number of carbonyl (C=O) groups is 2. The molecule has 0 heterocycles. The molecular formula is C38H36O5. The second-order valence-corrected chi connectivity index (χ2v) is 10.1. The maximum absolute atomic E-state index is 12.1. The molecule has 0 radical (unpaired) electrons. The minimum atomic E-state index is -0.570. The van der Waals surface area contributed by atoms with Gasteiger partial charge >= 0.3 is 11.9 Å². The third kappa shape index (κ3) is 8.51. The summed E-state index contributed by atoms with van der Waals surface area (Å²) in [5, 5.41) is 8.96. The molecule has 5 heteroatoms. The van der Waals surface area contributed by atoms with Crippen LogP contribution >= 0.6 is 0 Å². The summed E-state index contributed by atoms with van der Waals surface area (Å²) in [6.45, 7) is 10.6. The van der Waals surface area contributed by atoms with E-state index in [2.05, 4.69) is 56.1 Å². The molecule has 0 atom stereocenters. The van der Waals surface area contributed by atoms with Crippen LogP contribution in [-0.2, 0) is 27.2 Å². The van der Waals surface area contributed by atoms with Crippen LogP contribution in [0.15, 0.2) is 128 Å². The number of hydrogen-bond acceptors (Lipinski definition) is 5. The number of aliphatic hydroxyl groups is 1. The Labute approximate surface area is 253 Å². The summed E-state index contributed by atoms with van der Waals surface area (Å²) >= 11 is 0. The Morgan fingerprint density at radius 3 is 1.84 bits per heavy atom. The van der Waals surface area contributed by atoms with Crippen molar-refractivity contribution in [2.45, 2.75) is 25.7 Å². The fourth-order valence-corrected chi connectivity index (χ4v) is 4.62. The number of esters is 2. The Morgan fingerprint density at radius 1 is 0.721 bits per heavy atom. The molecule has 1 N–H and O–H groups in total. The standard InChI is InChI=1S/C38H36O5/c1-4-6-8-28-10-14-30(15-11-28)31-18-20-33(21-19-31)35-25-34(22-23-36(35)43-37(40)5-2)32-16-12-29(13-17-32)9-7-24-42-38(41)27(3)26-39/h4-5,10-23,25,39H,1-3,6-9,24,26H2. The van der Waals surface area contributed by atoms with Crippen LogP contribution in [0.2, 0.25) is 0 Å². The third-order valence-corrected chi connectivity index (χ3v) is 7.09. The van der Waals surface area contributed by atoms with Crippen LogP contribution in [0.3, 0.4) is 0 Å². The van der Waals surface area contributed by atoms with Gasteiger partial charge in [-0.2, -0.15) is 0 Å². The number of carbonyl (C=O) groups excluding carboxylic acids is 2. The Kier molecular flexibility index (Phi) is 11.0. The fourth-order valence-electron chi connectivity index (χ4n) is 4.62. The molecule has 0 saturated heterocycles. The molecule has 4 aromatic rings. The average molecular weight is 573 g/mol. The van der Waals surface area contributed by atoms with Gasteiger partial charge in [-0.05, 0) is 76.8 Å². The highest BCUT2D eigenvalue weighted by atomic mass is 16.5. The van der Waals surface area contributed by atoms with Gasteiger partial charge in [0.15, 0.2) is 0 Å². The second-order valence-electron chi connectivity index (χ2n) is 10.1. The topological polar surface area (TPSA) is 72.8 Å². The Bertz CT molecular complexity index is 1580. The molecule has 0 aliphatic heterocycles. The molecular weight excluding hydrogens is 536 g/mol. The summed E-state index contributed by atoms with van der Waals surface area (Å²) in [4.78, 5) is 23.7. The van der Waals surface area contributed by atoms with Crippen molar-refractivity contribution in [1.82, 2.24) is 0 Å². The largest absolute Gasteiger partial charge is 0.462 e. The van der Waals surface area contributed by atoms with Gasteiger partial charge in [-0.3, -0.25) is 0 Å². The van der Waals surface area contributed by atoms with Crippen LogP contribution in [0.25, 0.3) is 33.4 Å². The minimum absolute atomic E-state index is 0.0507. The number of aryl methyl sites for hydroxylation is 2. The second kappa shape index (κ2) is 15.3. The first-order chi connectivity index (χ1) is 20.9. The number of rotatable bonds is 14. The molecule has 0 bridgehead atoms. The zero-order valence-corrected chi connectivity index (χ0v) is 24.3. The minimum Gasteiger partial charge on any atom is -0.462 e. The van der Waals surface area contributed by atoms with Crippen LogP contribution in [-0.4, -0.2) is 30.3 Å². The van der Waals surface area contributed by atoms with Gasteiger partial charge < -0.3 is 14.6 Å². The van der Waals surface area contributed by atoms with Gasteiger partial charge in [-0.25, -0.2) is 9.59 Å². The highest BCUT2D eigenvalue weighted by Crippen LogP contribution is 2.36. The predicted molar refractivity (Wildman–Crippen MR) is 173 cm³/mol. The Balaban J connectivity index is 1.51. The van der Waals surface area contributed by atoms with Crippen LogP contribution < -0.4 is 4.74 Å². The van der Waals surface area contributed by atoms with Gasteiger partial charge in [0.05, 0.1) is 18.8 Å². The van der Waals surface area contributed by atoms with E-state index >= 15 is 0 Å². The summed E-state index contributed by atoms with van der Waals surface area (Å²) in [6.07, 6.45) is 6.42. The van der Waals surface area contributed by atoms with E-state index in [-0.39, 0.29) is 12.2 Å². The van der Waals surface area contributed by atoms with Gasteiger partial charge in [0, 0.05) is 11.6 Å². The highest BCUT2D eigenvalue weighted by Gasteiger charge is 2.13. The average Bonchev–Trinajstić information content (AvgIpc) is 3.06. The van der Waals surface area contributed by atoms with E-state index < -0.39 is 18.5 Å². The van der Waals surface area contributed by atoms with Gasteiger partial charge in [0.2, 0.25) is 0 Å². The molecule has 218 valence electrons. The first-order valence-electron chi connectivity index (χ1n) is 14.3. The Morgan fingerprint density at radius 2 is 1.26 bits per heavy atom. The normalized spacial score (nSPS) is 10.5. The van der Waals surface area contributed by atoms with Crippen molar-refractivity contribution in [3.63, 3.8) is 0 Å². The van der Waals surface area contributed by atoms with E-state index in [0.29, 0.717) is 12.2 Å². The number of ether oxygens (including phenoxy) is 2. The van der Waals surface area contributed by atoms with Crippen LogP contribution in [0.1, 0.15) is 24.0 Å². The first-order valence-corrected chi connectivity index (χ1v) is 14.3. The highest BCUT2D eigenvalue weighted by molar-refractivity contribution is 5.88. The van der Waals surface area contributed by atoms with Crippen molar-refractivity contribution in [3.05, 3.63) is 140 Å². The van der Waals surface area contributed by atoms with E-state index in [0.717, 1.165) is 64.3 Å². The number of aliphatic hydroxyl groups excluding tert-OH is 1. The lowest BCUT2D eigenvalue weighted by Crippen LogP contribution is -2.11. The lowest BCUT2D eigenvalue weighted by molar-refractivity contribution is -0.139. The van der Waals surface area contributed by atoms with Crippen molar-refractivity contribution < 1.29 is 24.2 Å². The molecule has 4 rings (SSSR count). The maximum atomic E-state index is 12.1. The fraction of sp³-hybridized carbons (Fsp3) is 0.158. The molecule has 0 aliphatic carbocycles. The molecule has 43 heavy (non-hydrogen) atoms. The maximum Gasteiger partial charge on any atom is 0.335 e. The lowest BCUT2D eigenvalue weighted by Gasteiger charge is -2.13. The van der Waals surface area contributed by atoms with Gasteiger partial charge in [-0.15, -0.1) is 6.58 Å². The third-order valence-electron chi connectivity index (χ3n) is 7.09. The van der Waals surface area contributed by atoms with Crippen LogP contribution in [0.5, 0.6) is 5.75 Å². The van der Waals surface area contributed by atoms with Crippen LogP contribution in [0, 0.1) is 0 Å². The van der Waals surface area contributed by atoms with E-state index in [9.17, 15) is 9.59 Å². The summed E-state index contributed by atoms with van der Waals surface area (Å²) < 4.78 is 10.7. The van der Waals surface area contributed by atoms with Crippen molar-refractivity contribution in [1.29, 1.82) is 0 Å². The first kappa shape index (κ1) is 30.9. The smallest absolute Gasteiger partial charge is 0.335 e. The molecule has 0 fully saturated rings. The molecule has 0 amide bonds. The molecule has 0 aliphatic rings. The monoisotopic (exact) mass is 572 g/mol. The summed E-state index contributed by atoms with van der Waals surface area (Å²) in [5.74, 6) is -0.625. The Hall–Kier alpha value is -5.00. The molecule has 0 saturated carbocycles. The molecule has 4 aromatic carbocycles. The number of hydrogen-bond donors (Lipinski definition) is 1. The quantitative estimate of drug-likeness (QED) is 0.0546. The van der Waals surface area contributed by atoms with E-state index in [1.54, 1.807) is 0 Å². The van der Waals surface area contributed by atoms with Gasteiger partial charge in [-0.1, -0.05) is 98.1 Å². The summed E-state index contributed by atoms with van der Waals surface area (Å²) in [7, 11) is 0. The van der Waals surface area contributed by atoms with Gasteiger partial charge in [0.25, 0.3) is 0 Å². The van der Waals surface area contributed by atoms with Crippen LogP contribution in [0.4, 0.5) is 0 Å². The van der Waals surface area contributed by atoms with E-state index in [4.69, 9.17) is 14.6 Å². The molecule has 0 aromatic heterocycles. The number of allylic oxidation sites excluding steroid dienone is 1. The zero-order chi connectivity index (χ0) is 30.6. The van der Waals surface area contributed by atoms with Crippen molar-refractivity contribution in [3.8, 4) is 39.1 Å². The molecule has 0 spiro atoms. The lowest BCUT2D eigenvalue weighted by atomic mass is 9.95. The summed E-state index contributed by atoms with van der Waals surface area (Å²) in [6, 6.07) is 30.8. The van der Waals surface area contributed by atoms with Crippen molar-refractivity contribution in [2.75, 3.05) is 13.2 Å². The van der Waals surface area contributed by atoms with Crippen molar-refractivity contribution in [2.24, 2.45) is 0 Å². The van der Waals surface area contributed by atoms with Crippen molar-refractivity contribution >= 4 is 11.9 Å². The molecule has 5 nitrogen and oxygen atoms in total. The van der Waals surface area contributed by atoms with Gasteiger partial charge in [0.1, 0.15) is 5.75 Å². The SMILES string of the molecule is C=CCCc1ccc(-c2ccc(-c3cc(-c4ccc(CCCOC(=O)C(=C)CO)cc4)ccc3OC(=O)C=C)cc2)cc1.